The number of allylic oxidation sites excluding steroid dienone is 1. The fourth-order valence-corrected chi connectivity index (χ4v) is 6.14. The Balaban J connectivity index is 0.00000461. The quantitative estimate of drug-likeness (QED) is 0.0679. The van der Waals surface area contributed by atoms with Crippen LogP contribution in [0.15, 0.2) is 24.3 Å². The molecule has 0 saturated heterocycles. The minimum atomic E-state index is 0. The average molecular weight is 652 g/mol. The third-order valence-electron chi connectivity index (χ3n) is 8.64. The Labute approximate surface area is 281 Å². The molecular formula is C39H46N4OZn. The van der Waals surface area contributed by atoms with Crippen LogP contribution in [-0.2, 0) is 50.0 Å². The largest absolute Gasteiger partial charge is 2.00 e. The van der Waals surface area contributed by atoms with Crippen molar-refractivity contribution in [2.24, 2.45) is 0 Å². The third-order valence-corrected chi connectivity index (χ3v) is 8.64. The van der Waals surface area contributed by atoms with Crippen molar-refractivity contribution in [2.75, 3.05) is 0 Å². The molecule has 0 radical (unpaired) electrons. The monoisotopic (exact) mass is 650 g/mol. The number of hydrogen-bond donors (Lipinski definition) is 0. The SMILES string of the molecule is CCCCc1c2nc(c(CCCC)c3cc(C=CC=O)c([n-]3)c(CCCC)c3nc(c(CCCC)c4ccc1[n-]4)C=C3)C=C2.[Zn+2]. The second-order valence-electron chi connectivity index (χ2n) is 11.9. The molecule has 0 saturated carbocycles. The summed E-state index contributed by atoms with van der Waals surface area (Å²) in [6.45, 7) is 8.90. The van der Waals surface area contributed by atoms with E-state index in [-0.39, 0.29) is 19.5 Å². The Morgan fingerprint density at radius 2 is 1.02 bits per heavy atom. The van der Waals surface area contributed by atoms with E-state index in [1.54, 1.807) is 6.08 Å². The summed E-state index contributed by atoms with van der Waals surface area (Å²) in [6, 6.07) is 6.50. The fraction of sp³-hybridized carbons (Fsp3) is 0.410. The van der Waals surface area contributed by atoms with E-state index in [0.29, 0.717) is 0 Å². The van der Waals surface area contributed by atoms with E-state index in [1.807, 2.05) is 6.08 Å². The maximum absolute atomic E-state index is 11.4. The van der Waals surface area contributed by atoms with Crippen molar-refractivity contribution in [1.29, 1.82) is 0 Å². The average Bonchev–Trinajstić information content (AvgIpc) is 3.85. The van der Waals surface area contributed by atoms with E-state index in [4.69, 9.17) is 19.9 Å². The van der Waals surface area contributed by atoms with E-state index >= 15 is 0 Å². The van der Waals surface area contributed by atoms with Gasteiger partial charge in [0.25, 0.3) is 0 Å². The first-order valence-corrected chi connectivity index (χ1v) is 16.8. The molecule has 0 aromatic carbocycles. The number of nitrogens with zero attached hydrogens (tertiary/aromatic N) is 4. The van der Waals surface area contributed by atoms with Gasteiger partial charge in [0, 0.05) is 0 Å². The summed E-state index contributed by atoms with van der Waals surface area (Å²) in [6.07, 6.45) is 25.2. The van der Waals surface area contributed by atoms with Crippen LogP contribution in [-0.4, -0.2) is 16.3 Å². The molecule has 0 fully saturated rings. The minimum Gasteiger partial charge on any atom is -0.657 e. The van der Waals surface area contributed by atoms with Crippen LogP contribution in [0.5, 0.6) is 0 Å². The summed E-state index contributed by atoms with van der Waals surface area (Å²) in [4.78, 5) is 32.6. The van der Waals surface area contributed by atoms with Gasteiger partial charge in [0.2, 0.25) is 0 Å². The number of carbonyl (C=O) groups is 1. The van der Waals surface area contributed by atoms with E-state index in [1.165, 1.54) is 11.1 Å². The Morgan fingerprint density at radius 1 is 0.600 bits per heavy atom. The zero-order valence-corrected chi connectivity index (χ0v) is 30.6. The van der Waals surface area contributed by atoms with Gasteiger partial charge in [-0.3, -0.25) is 4.79 Å². The van der Waals surface area contributed by atoms with Crippen molar-refractivity contribution in [1.82, 2.24) is 19.9 Å². The van der Waals surface area contributed by atoms with Gasteiger partial charge in [-0.15, -0.1) is 22.1 Å². The minimum absolute atomic E-state index is 0. The van der Waals surface area contributed by atoms with Crippen LogP contribution >= 0.6 is 0 Å². The van der Waals surface area contributed by atoms with Gasteiger partial charge in [0.15, 0.2) is 0 Å². The fourth-order valence-electron chi connectivity index (χ4n) is 6.14. The summed E-state index contributed by atoms with van der Waals surface area (Å²) >= 11 is 0. The molecule has 230 valence electrons. The van der Waals surface area contributed by atoms with Gasteiger partial charge in [-0.1, -0.05) is 77.7 Å². The predicted octanol–water partition coefficient (Wildman–Crippen LogP) is 9.49. The number of hydrogen-bond acceptors (Lipinski definition) is 3. The van der Waals surface area contributed by atoms with Gasteiger partial charge >= 0.3 is 19.5 Å². The van der Waals surface area contributed by atoms with Crippen LogP contribution in [0.2, 0.25) is 0 Å². The molecule has 5 heterocycles. The van der Waals surface area contributed by atoms with Crippen molar-refractivity contribution in [3.8, 4) is 0 Å². The number of aryl methyl sites for hydroxylation is 4. The smallest absolute Gasteiger partial charge is 0.657 e. The van der Waals surface area contributed by atoms with Gasteiger partial charge < -0.3 is 9.97 Å². The Bertz CT molecular complexity index is 1740. The molecule has 5 rings (SSSR count). The van der Waals surface area contributed by atoms with Crippen LogP contribution < -0.4 is 9.97 Å². The number of unbranched alkanes of at least 4 members (excludes halogenated alkanes) is 4. The van der Waals surface area contributed by atoms with E-state index in [2.05, 4.69) is 70.2 Å². The van der Waals surface area contributed by atoms with Gasteiger partial charge in [-0.25, -0.2) is 9.97 Å². The van der Waals surface area contributed by atoms with E-state index in [0.717, 1.165) is 145 Å². The van der Waals surface area contributed by atoms with Crippen molar-refractivity contribution < 1.29 is 24.3 Å². The number of fused-ring (bicyclic) bond motifs is 8. The summed E-state index contributed by atoms with van der Waals surface area (Å²) in [7, 11) is 0. The van der Waals surface area contributed by atoms with Crippen LogP contribution in [0.25, 0.3) is 52.4 Å². The predicted molar refractivity (Wildman–Crippen MR) is 186 cm³/mol. The first-order chi connectivity index (χ1) is 21.6. The maximum atomic E-state index is 11.4. The molecule has 3 aromatic rings. The molecule has 0 unspecified atom stereocenters. The van der Waals surface area contributed by atoms with E-state index in [9.17, 15) is 4.79 Å². The Hall–Kier alpha value is -3.37. The van der Waals surface area contributed by atoms with Gasteiger partial charge in [0.1, 0.15) is 6.29 Å². The Morgan fingerprint density at radius 3 is 1.47 bits per heavy atom. The second kappa shape index (κ2) is 16.8. The molecule has 2 aliphatic heterocycles. The van der Waals surface area contributed by atoms with Crippen LogP contribution in [0.3, 0.4) is 0 Å². The molecule has 0 amide bonds. The number of carbonyl (C=O) groups excluding carboxylic acids is 1. The summed E-state index contributed by atoms with van der Waals surface area (Å²) in [5, 5.41) is 0. The van der Waals surface area contributed by atoms with Crippen molar-refractivity contribution >= 4 is 58.7 Å². The number of aldehydes is 1. The molecule has 3 aromatic heterocycles. The van der Waals surface area contributed by atoms with Gasteiger partial charge in [0.05, 0.1) is 22.8 Å². The normalized spacial score (nSPS) is 12.3. The zero-order valence-electron chi connectivity index (χ0n) is 27.7. The summed E-state index contributed by atoms with van der Waals surface area (Å²) in [5.74, 6) is 0. The topological polar surface area (TPSA) is 71.1 Å². The first-order valence-electron chi connectivity index (χ1n) is 16.8. The standard InChI is InChI=1S/C39H47N4O.Zn/c1-5-9-15-28-32-19-20-33(40-32)29(16-10-6-2)35-23-24-37(42-35)31(18-12-8-4)39-27(14-13-25-44)26-38(43-39)30(17-11-7-3)36-22-21-34(28)41-36;/h13-14,19-26H,5-12,15-18H2,1-4H3,(H-,40,41,42,43,44);/q-1;+2/p-1. The van der Waals surface area contributed by atoms with E-state index < -0.39 is 0 Å². The Kier molecular flexibility index (Phi) is 12.9. The molecule has 8 bridgehead atoms. The van der Waals surface area contributed by atoms with Crippen LogP contribution in [0, 0.1) is 0 Å². The molecule has 0 N–H and O–H groups in total. The third kappa shape index (κ3) is 7.90. The molecule has 6 heteroatoms. The zero-order chi connectivity index (χ0) is 30.9. The molecule has 0 atom stereocenters. The van der Waals surface area contributed by atoms with Crippen LogP contribution in [0.4, 0.5) is 0 Å². The molecule has 5 nitrogen and oxygen atoms in total. The van der Waals surface area contributed by atoms with Crippen molar-refractivity contribution in [3.05, 3.63) is 74.9 Å². The van der Waals surface area contributed by atoms with Crippen LogP contribution in [0.1, 0.15) is 130 Å². The maximum Gasteiger partial charge on any atom is 2.00 e. The van der Waals surface area contributed by atoms with Crippen molar-refractivity contribution in [2.45, 2.75) is 105 Å². The summed E-state index contributed by atoms with van der Waals surface area (Å²) < 4.78 is 0. The second-order valence-corrected chi connectivity index (χ2v) is 11.9. The van der Waals surface area contributed by atoms with Gasteiger partial charge in [-0.2, -0.15) is 0 Å². The molecule has 2 aliphatic rings. The number of aromatic nitrogens is 4. The summed E-state index contributed by atoms with van der Waals surface area (Å²) in [5.41, 5.74) is 13.5. The molecular weight excluding hydrogens is 606 g/mol. The molecule has 0 aliphatic carbocycles. The van der Waals surface area contributed by atoms with Crippen molar-refractivity contribution in [3.63, 3.8) is 0 Å². The molecule has 0 spiro atoms. The number of rotatable bonds is 14. The molecule has 45 heavy (non-hydrogen) atoms. The first kappa shape index (κ1) is 34.5. The van der Waals surface area contributed by atoms with Gasteiger partial charge in [-0.05, 0) is 110 Å².